The molecule has 1 fully saturated rings. The van der Waals surface area contributed by atoms with Crippen molar-refractivity contribution in [3.63, 3.8) is 0 Å². The van der Waals surface area contributed by atoms with E-state index in [1.165, 1.54) is 18.3 Å². The summed E-state index contributed by atoms with van der Waals surface area (Å²) in [5.74, 6) is 0.145. The average molecular weight is 616 g/mol. The molecule has 1 atom stereocenters. The number of halogens is 2. The summed E-state index contributed by atoms with van der Waals surface area (Å²) in [6.45, 7) is 1.67. The van der Waals surface area contributed by atoms with Crippen LogP contribution in [0.1, 0.15) is 17.5 Å². The quantitative estimate of drug-likeness (QED) is 0.185. The van der Waals surface area contributed by atoms with Crippen LogP contribution in [0.5, 0.6) is 11.5 Å². The van der Waals surface area contributed by atoms with E-state index in [9.17, 15) is 14.4 Å². The Morgan fingerprint density at radius 2 is 2.07 bits per heavy atom. The Hall–Kier alpha value is -4.69. The van der Waals surface area contributed by atoms with Crippen LogP contribution in [0.25, 0.3) is 10.9 Å². The fourth-order valence-corrected chi connectivity index (χ4v) is 4.81. The molecule has 0 saturated carbocycles. The number of nitrogens with zero attached hydrogens (tertiary/aromatic N) is 3. The SMILES string of the molecule is CN(C)C/C=C/C(=O)Nc1cc2c(Nc3ccc(OCc4ccccc4F)c(Cl)c3)c(C#N)cnc2cc1O[C@H]1CCOC1. The number of likely N-dealkylation sites (N-methyl/N-ethyl adjacent to an activating group) is 1. The third kappa shape index (κ3) is 7.63. The smallest absolute Gasteiger partial charge is 0.248 e. The van der Waals surface area contributed by atoms with E-state index in [1.807, 2.05) is 19.0 Å². The van der Waals surface area contributed by atoms with Crippen LogP contribution < -0.4 is 20.1 Å². The fourth-order valence-electron chi connectivity index (χ4n) is 4.58. The van der Waals surface area contributed by atoms with Crippen LogP contribution in [0.2, 0.25) is 5.02 Å². The van der Waals surface area contributed by atoms with Gasteiger partial charge in [-0.1, -0.05) is 35.9 Å². The standard InChI is InChI=1S/C33H31ClFN5O4/c1-40(2)12-5-8-32(41)39-29-15-25-28(16-31(29)44-24-11-13-42-20-24)37-18-22(17-36)33(25)38-23-9-10-30(26(34)14-23)43-19-21-6-3-4-7-27(21)35/h3-10,14-16,18,24H,11-13,19-20H2,1-2H3,(H,37,38)(H,39,41)/b8-5+/t24-/m0/s1. The Morgan fingerprint density at radius 3 is 2.80 bits per heavy atom. The van der Waals surface area contributed by atoms with E-state index in [0.717, 1.165) is 6.42 Å². The van der Waals surface area contributed by atoms with E-state index in [4.69, 9.17) is 25.8 Å². The van der Waals surface area contributed by atoms with Crippen LogP contribution in [0.15, 0.2) is 72.9 Å². The number of benzene rings is 3. The van der Waals surface area contributed by atoms with Crippen molar-refractivity contribution < 1.29 is 23.4 Å². The summed E-state index contributed by atoms with van der Waals surface area (Å²) >= 11 is 6.52. The first-order valence-electron chi connectivity index (χ1n) is 14.0. The topological polar surface area (TPSA) is 109 Å². The van der Waals surface area contributed by atoms with Gasteiger partial charge in [-0.25, -0.2) is 4.39 Å². The number of carbonyl (C=O) groups excluding carboxylic acids is 1. The fraction of sp³-hybridized carbons (Fsp3) is 0.242. The number of hydrogen-bond donors (Lipinski definition) is 2. The molecule has 1 saturated heterocycles. The predicted molar refractivity (Wildman–Crippen MR) is 168 cm³/mol. The summed E-state index contributed by atoms with van der Waals surface area (Å²) in [5.41, 5.74) is 2.74. The Morgan fingerprint density at radius 1 is 1.23 bits per heavy atom. The molecule has 226 valence electrons. The number of anilines is 3. The number of hydrogen-bond acceptors (Lipinski definition) is 8. The van der Waals surface area contributed by atoms with Crippen molar-refractivity contribution in [2.24, 2.45) is 0 Å². The number of aromatic nitrogens is 1. The molecule has 1 aromatic heterocycles. The molecule has 1 aliphatic rings. The highest BCUT2D eigenvalue weighted by Crippen LogP contribution is 2.38. The van der Waals surface area contributed by atoms with Gasteiger partial charge in [-0.05, 0) is 44.4 Å². The van der Waals surface area contributed by atoms with E-state index in [2.05, 4.69) is 21.7 Å². The van der Waals surface area contributed by atoms with E-state index < -0.39 is 0 Å². The monoisotopic (exact) mass is 615 g/mol. The van der Waals surface area contributed by atoms with Crippen LogP contribution in [0.3, 0.4) is 0 Å². The maximum absolute atomic E-state index is 14.0. The summed E-state index contributed by atoms with van der Waals surface area (Å²) in [7, 11) is 3.82. The number of amides is 1. The highest BCUT2D eigenvalue weighted by atomic mass is 35.5. The van der Waals surface area contributed by atoms with Crippen molar-refractivity contribution in [1.29, 1.82) is 5.26 Å². The third-order valence-electron chi connectivity index (χ3n) is 6.81. The summed E-state index contributed by atoms with van der Waals surface area (Å²) < 4.78 is 31.4. The van der Waals surface area contributed by atoms with Crippen LogP contribution in [-0.2, 0) is 16.1 Å². The van der Waals surface area contributed by atoms with Gasteiger partial charge in [-0.15, -0.1) is 0 Å². The van der Waals surface area contributed by atoms with Gasteiger partial charge in [0.2, 0.25) is 5.91 Å². The lowest BCUT2D eigenvalue weighted by Gasteiger charge is -2.19. The Kier molecular flexibility index (Phi) is 9.92. The second kappa shape index (κ2) is 14.2. The van der Waals surface area contributed by atoms with Crippen LogP contribution >= 0.6 is 11.6 Å². The van der Waals surface area contributed by atoms with Gasteiger partial charge >= 0.3 is 0 Å². The average Bonchev–Trinajstić information content (AvgIpc) is 3.51. The molecule has 44 heavy (non-hydrogen) atoms. The van der Waals surface area contributed by atoms with E-state index >= 15 is 0 Å². The van der Waals surface area contributed by atoms with Crippen molar-refractivity contribution in [1.82, 2.24) is 9.88 Å². The normalized spacial score (nSPS) is 14.6. The van der Waals surface area contributed by atoms with Gasteiger partial charge in [0.05, 0.1) is 40.7 Å². The van der Waals surface area contributed by atoms with E-state index in [0.29, 0.717) is 69.8 Å². The molecule has 11 heteroatoms. The second-order valence-electron chi connectivity index (χ2n) is 10.4. The molecule has 0 radical (unpaired) electrons. The Labute approximate surface area is 259 Å². The van der Waals surface area contributed by atoms with Gasteiger partial charge in [-0.3, -0.25) is 9.78 Å². The molecule has 3 aromatic carbocycles. The number of carbonyl (C=O) groups is 1. The second-order valence-corrected chi connectivity index (χ2v) is 10.8. The molecular weight excluding hydrogens is 585 g/mol. The van der Waals surface area contributed by atoms with Gasteiger partial charge < -0.3 is 29.7 Å². The maximum atomic E-state index is 14.0. The first-order valence-corrected chi connectivity index (χ1v) is 14.3. The minimum Gasteiger partial charge on any atom is -0.487 e. The summed E-state index contributed by atoms with van der Waals surface area (Å²) in [6.07, 6.45) is 5.26. The summed E-state index contributed by atoms with van der Waals surface area (Å²) in [6, 6.07) is 17.1. The molecule has 1 amide bonds. The molecule has 9 nitrogen and oxygen atoms in total. The number of pyridine rings is 1. The van der Waals surface area contributed by atoms with Crippen LogP contribution in [0.4, 0.5) is 21.5 Å². The van der Waals surface area contributed by atoms with Crippen molar-refractivity contribution >= 4 is 45.5 Å². The molecule has 4 aromatic rings. The zero-order valence-corrected chi connectivity index (χ0v) is 25.0. The number of nitriles is 1. The number of nitrogens with one attached hydrogen (secondary N) is 2. The van der Waals surface area contributed by atoms with Crippen molar-refractivity contribution in [3.8, 4) is 17.6 Å². The molecule has 0 bridgehead atoms. The molecule has 1 aliphatic heterocycles. The molecule has 5 rings (SSSR count). The van der Waals surface area contributed by atoms with Gasteiger partial charge in [0, 0.05) is 47.9 Å². The van der Waals surface area contributed by atoms with Crippen molar-refractivity contribution in [3.05, 3.63) is 94.9 Å². The zero-order valence-electron chi connectivity index (χ0n) is 24.3. The van der Waals surface area contributed by atoms with Gasteiger partial charge in [0.15, 0.2) is 0 Å². The molecule has 2 heterocycles. The highest BCUT2D eigenvalue weighted by molar-refractivity contribution is 6.32. The lowest BCUT2D eigenvalue weighted by molar-refractivity contribution is -0.111. The molecular formula is C33H31ClFN5O4. The third-order valence-corrected chi connectivity index (χ3v) is 7.11. The van der Waals surface area contributed by atoms with Gasteiger partial charge in [0.1, 0.15) is 36.1 Å². The van der Waals surface area contributed by atoms with Crippen molar-refractivity contribution in [2.45, 2.75) is 19.1 Å². The largest absolute Gasteiger partial charge is 0.487 e. The predicted octanol–water partition coefficient (Wildman–Crippen LogP) is 6.45. The number of fused-ring (bicyclic) bond motifs is 1. The number of rotatable bonds is 11. The lowest BCUT2D eigenvalue weighted by Crippen LogP contribution is -2.18. The highest BCUT2D eigenvalue weighted by Gasteiger charge is 2.21. The van der Waals surface area contributed by atoms with Crippen molar-refractivity contribution in [2.75, 3.05) is 44.5 Å². The molecule has 0 unspecified atom stereocenters. The maximum Gasteiger partial charge on any atom is 0.248 e. The van der Waals surface area contributed by atoms with Gasteiger partial charge in [-0.2, -0.15) is 5.26 Å². The Bertz CT molecular complexity index is 1730. The molecule has 0 spiro atoms. The first kappa shape index (κ1) is 30.8. The molecule has 0 aliphatic carbocycles. The summed E-state index contributed by atoms with van der Waals surface area (Å²) in [5, 5.41) is 17.0. The van der Waals surface area contributed by atoms with Gasteiger partial charge in [0.25, 0.3) is 0 Å². The molecule has 2 N–H and O–H groups in total. The summed E-state index contributed by atoms with van der Waals surface area (Å²) in [4.78, 5) is 19.3. The first-order chi connectivity index (χ1) is 21.3. The lowest BCUT2D eigenvalue weighted by atomic mass is 10.1. The number of ether oxygens (including phenoxy) is 3. The van der Waals surface area contributed by atoms with Crippen LogP contribution in [-0.4, -0.2) is 55.7 Å². The van der Waals surface area contributed by atoms with E-state index in [1.54, 1.807) is 54.6 Å². The van der Waals surface area contributed by atoms with Crippen LogP contribution in [0, 0.1) is 17.1 Å². The zero-order chi connectivity index (χ0) is 31.1. The Balaban J connectivity index is 1.45. The minimum atomic E-state index is -0.360. The van der Waals surface area contributed by atoms with E-state index in [-0.39, 0.29) is 30.0 Å². The minimum absolute atomic E-state index is 0.0168.